The summed E-state index contributed by atoms with van der Waals surface area (Å²) in [5, 5.41) is 2.19. The molecular weight excluding hydrogens is 413 g/mol. The molecule has 0 fully saturated rings. The van der Waals surface area contributed by atoms with Crippen LogP contribution in [-0.4, -0.2) is 33.4 Å². The minimum absolute atomic E-state index is 0.101. The van der Waals surface area contributed by atoms with E-state index in [1.165, 1.54) is 24.3 Å². The Balaban J connectivity index is 2.00. The highest BCUT2D eigenvalue weighted by Crippen LogP contribution is 2.30. The molecule has 0 saturated carbocycles. The topological polar surface area (TPSA) is 102 Å². The molecule has 2 N–H and O–H groups in total. The molecule has 0 aliphatic heterocycles. The lowest BCUT2D eigenvalue weighted by atomic mass is 10.2. The Bertz CT molecular complexity index is 1010. The molecule has 0 radical (unpaired) electrons. The number of nitrogens with one attached hydrogen (secondary N) is 2. The van der Waals surface area contributed by atoms with Crippen LogP contribution in [0, 0.1) is 0 Å². The number of ether oxygens (including phenoxy) is 1. The Hall–Kier alpha value is -2.92. The number of carbonyl (C=O) groups is 2. The van der Waals surface area contributed by atoms with Crippen LogP contribution in [0.5, 0.6) is 0 Å². The number of alkyl halides is 3. The maximum absolute atomic E-state index is 12.7. The van der Waals surface area contributed by atoms with Gasteiger partial charge in [-0.25, -0.2) is 17.9 Å². The number of hydrogen-bond donors (Lipinski definition) is 2. The largest absolute Gasteiger partial charge is 0.452 e. The van der Waals surface area contributed by atoms with Gasteiger partial charge in [0.25, 0.3) is 5.91 Å². The van der Waals surface area contributed by atoms with Crippen molar-refractivity contribution in [1.82, 2.24) is 4.72 Å². The Morgan fingerprint density at radius 3 is 2.41 bits per heavy atom. The third-order valence-corrected chi connectivity index (χ3v) is 5.07. The van der Waals surface area contributed by atoms with Crippen molar-refractivity contribution in [1.29, 1.82) is 0 Å². The minimum atomic E-state index is -4.56. The first-order valence-corrected chi connectivity index (χ1v) is 9.75. The molecule has 156 valence electrons. The normalized spacial score (nSPS) is 11.7. The zero-order valence-corrected chi connectivity index (χ0v) is 15.9. The number of amides is 1. The highest BCUT2D eigenvalue weighted by Gasteiger charge is 2.30. The van der Waals surface area contributed by atoms with Crippen LogP contribution in [0.2, 0.25) is 0 Å². The molecule has 0 aliphatic carbocycles. The van der Waals surface area contributed by atoms with E-state index in [0.29, 0.717) is 0 Å². The van der Waals surface area contributed by atoms with Crippen LogP contribution >= 0.6 is 0 Å². The van der Waals surface area contributed by atoms with Gasteiger partial charge in [-0.05, 0) is 36.4 Å². The molecule has 2 aromatic carbocycles. The highest BCUT2D eigenvalue weighted by molar-refractivity contribution is 7.89. The summed E-state index contributed by atoms with van der Waals surface area (Å²) < 4.78 is 69.1. The van der Waals surface area contributed by atoms with Crippen LogP contribution in [0.25, 0.3) is 0 Å². The summed E-state index contributed by atoms with van der Waals surface area (Å²) in [5.74, 6) is -1.81. The third kappa shape index (κ3) is 6.29. The van der Waals surface area contributed by atoms with Crippen molar-refractivity contribution in [2.45, 2.75) is 18.0 Å². The first-order chi connectivity index (χ1) is 13.5. The van der Waals surface area contributed by atoms with Gasteiger partial charge in [-0.15, -0.1) is 0 Å². The molecule has 0 atom stereocenters. The summed E-state index contributed by atoms with van der Waals surface area (Å²) in [7, 11) is -3.78. The third-order valence-electron chi connectivity index (χ3n) is 3.52. The van der Waals surface area contributed by atoms with Crippen LogP contribution in [0.3, 0.4) is 0 Å². The van der Waals surface area contributed by atoms with Gasteiger partial charge in [0, 0.05) is 12.2 Å². The van der Waals surface area contributed by atoms with Gasteiger partial charge >= 0.3 is 12.1 Å². The molecule has 7 nitrogen and oxygen atoms in total. The standard InChI is InChI=1S/C18H17F3N2O5S/c1-2-22-29(26,27)15-8-3-5-12(9-15)17(25)28-11-16(24)23-14-7-4-6-13(10-14)18(19,20)21/h3-10,22H,2,11H2,1H3,(H,23,24). The Kier molecular flexibility index (Phi) is 6.98. The molecule has 0 bridgehead atoms. The van der Waals surface area contributed by atoms with E-state index >= 15 is 0 Å². The number of carbonyl (C=O) groups excluding carboxylic acids is 2. The molecule has 0 heterocycles. The lowest BCUT2D eigenvalue weighted by Gasteiger charge is -2.10. The van der Waals surface area contributed by atoms with E-state index in [-0.39, 0.29) is 22.7 Å². The van der Waals surface area contributed by atoms with Crippen molar-refractivity contribution in [3.05, 3.63) is 59.7 Å². The fraction of sp³-hybridized carbons (Fsp3) is 0.222. The van der Waals surface area contributed by atoms with Gasteiger partial charge in [0.2, 0.25) is 10.0 Å². The molecule has 0 aliphatic rings. The van der Waals surface area contributed by atoms with E-state index in [0.717, 1.165) is 24.3 Å². The lowest BCUT2D eigenvalue weighted by Crippen LogP contribution is -2.24. The van der Waals surface area contributed by atoms with Crippen LogP contribution in [0.4, 0.5) is 18.9 Å². The Labute approximate surface area is 164 Å². The van der Waals surface area contributed by atoms with Crippen molar-refractivity contribution >= 4 is 27.6 Å². The number of esters is 1. The number of hydrogen-bond acceptors (Lipinski definition) is 5. The quantitative estimate of drug-likeness (QED) is 0.658. The SMILES string of the molecule is CCNS(=O)(=O)c1cccc(C(=O)OCC(=O)Nc2cccc(C(F)(F)F)c2)c1. The van der Waals surface area contributed by atoms with E-state index in [1.54, 1.807) is 6.92 Å². The van der Waals surface area contributed by atoms with Gasteiger partial charge in [0.1, 0.15) is 0 Å². The number of rotatable bonds is 7. The summed E-state index contributed by atoms with van der Waals surface area (Å²) in [6, 6.07) is 8.99. The minimum Gasteiger partial charge on any atom is -0.452 e. The van der Waals surface area contributed by atoms with Crippen molar-refractivity contribution in [3.63, 3.8) is 0 Å². The predicted molar refractivity (Wildman–Crippen MR) is 97.7 cm³/mol. The number of sulfonamides is 1. The molecule has 1 amide bonds. The van der Waals surface area contributed by atoms with E-state index < -0.39 is 40.2 Å². The smallest absolute Gasteiger partial charge is 0.416 e. The molecule has 0 saturated heterocycles. The maximum Gasteiger partial charge on any atom is 0.416 e. The maximum atomic E-state index is 12.7. The van der Waals surface area contributed by atoms with Crippen molar-refractivity contribution in [2.75, 3.05) is 18.5 Å². The van der Waals surface area contributed by atoms with Crippen LogP contribution in [-0.2, 0) is 25.7 Å². The molecule has 2 rings (SSSR count). The highest BCUT2D eigenvalue weighted by atomic mass is 32.2. The number of benzene rings is 2. The second kappa shape index (κ2) is 9.05. The first-order valence-electron chi connectivity index (χ1n) is 8.27. The lowest BCUT2D eigenvalue weighted by molar-refractivity contribution is -0.137. The monoisotopic (exact) mass is 430 g/mol. The van der Waals surface area contributed by atoms with Gasteiger partial charge in [-0.2, -0.15) is 13.2 Å². The van der Waals surface area contributed by atoms with E-state index in [9.17, 15) is 31.2 Å². The zero-order valence-electron chi connectivity index (χ0n) is 15.1. The summed E-state index contributed by atoms with van der Waals surface area (Å²) in [6.45, 7) is 0.991. The summed E-state index contributed by atoms with van der Waals surface area (Å²) in [4.78, 5) is 23.8. The zero-order chi connectivity index (χ0) is 21.7. The second-order valence-electron chi connectivity index (χ2n) is 5.73. The molecule has 0 spiro atoms. The van der Waals surface area contributed by atoms with Crippen LogP contribution in [0.1, 0.15) is 22.8 Å². The second-order valence-corrected chi connectivity index (χ2v) is 7.50. The Morgan fingerprint density at radius 1 is 1.07 bits per heavy atom. The van der Waals surface area contributed by atoms with Crippen molar-refractivity contribution in [3.8, 4) is 0 Å². The summed E-state index contributed by atoms with van der Waals surface area (Å²) >= 11 is 0. The molecule has 0 aromatic heterocycles. The van der Waals surface area contributed by atoms with E-state index in [2.05, 4.69) is 10.0 Å². The predicted octanol–water partition coefficient (Wildman–Crippen LogP) is 2.80. The van der Waals surface area contributed by atoms with Gasteiger partial charge in [0.05, 0.1) is 16.0 Å². The molecule has 0 unspecified atom stereocenters. The average Bonchev–Trinajstić information content (AvgIpc) is 2.66. The van der Waals surface area contributed by atoms with Crippen LogP contribution in [0.15, 0.2) is 53.4 Å². The van der Waals surface area contributed by atoms with Gasteiger partial charge in [-0.3, -0.25) is 4.79 Å². The molecule has 2 aromatic rings. The fourth-order valence-corrected chi connectivity index (χ4v) is 3.33. The summed E-state index contributed by atoms with van der Waals surface area (Å²) in [5.41, 5.74) is -1.15. The first kappa shape index (κ1) is 22.4. The number of anilines is 1. The van der Waals surface area contributed by atoms with Crippen LogP contribution < -0.4 is 10.0 Å². The van der Waals surface area contributed by atoms with Crippen molar-refractivity contribution in [2.24, 2.45) is 0 Å². The van der Waals surface area contributed by atoms with Gasteiger partial charge in [0.15, 0.2) is 6.61 Å². The fourth-order valence-electron chi connectivity index (χ4n) is 2.25. The average molecular weight is 430 g/mol. The molecule has 11 heteroatoms. The summed E-state index contributed by atoms with van der Waals surface area (Å²) in [6.07, 6.45) is -4.56. The Morgan fingerprint density at radius 2 is 1.76 bits per heavy atom. The number of halogens is 3. The van der Waals surface area contributed by atoms with Gasteiger partial charge < -0.3 is 10.1 Å². The molecular formula is C18H17F3N2O5S. The molecule has 29 heavy (non-hydrogen) atoms. The van der Waals surface area contributed by atoms with Gasteiger partial charge in [-0.1, -0.05) is 19.1 Å². The van der Waals surface area contributed by atoms with E-state index in [4.69, 9.17) is 4.74 Å². The van der Waals surface area contributed by atoms with E-state index in [1.807, 2.05) is 0 Å². The van der Waals surface area contributed by atoms with Crippen molar-refractivity contribution < 1.29 is 35.9 Å².